The second kappa shape index (κ2) is 7.81. The highest BCUT2D eigenvalue weighted by atomic mass is 16.5. The first-order chi connectivity index (χ1) is 9.81. The summed E-state index contributed by atoms with van der Waals surface area (Å²) in [5, 5.41) is 0. The quantitative estimate of drug-likeness (QED) is 0.497. The second-order valence-electron chi connectivity index (χ2n) is 4.59. The predicted molar refractivity (Wildman–Crippen MR) is 72.5 cm³/mol. The molecule has 0 bridgehead atoms. The highest BCUT2D eigenvalue weighted by Crippen LogP contribution is 1.86. The maximum absolute atomic E-state index is 5.55. The van der Waals surface area contributed by atoms with E-state index in [9.17, 15) is 0 Å². The van der Waals surface area contributed by atoms with Crippen LogP contribution in [-0.2, 0) is 36.0 Å². The number of ether oxygens (including phenoxy) is 2. The fraction of sp³-hybridized carbons (Fsp3) is 0.571. The molecule has 0 N–H and O–H groups in total. The predicted octanol–water partition coefficient (Wildman–Crippen LogP) is 0.553. The zero-order chi connectivity index (χ0) is 14.2. The Bertz CT molecular complexity index is 461. The maximum Gasteiger partial charge on any atom is 0.245 e. The third kappa shape index (κ3) is 4.47. The summed E-state index contributed by atoms with van der Waals surface area (Å²) in [5.74, 6) is 0. The molecule has 2 aromatic rings. The zero-order valence-corrected chi connectivity index (χ0v) is 12.3. The van der Waals surface area contributed by atoms with Gasteiger partial charge in [0.2, 0.25) is 12.7 Å². The second-order valence-corrected chi connectivity index (χ2v) is 4.59. The fourth-order valence-corrected chi connectivity index (χ4v) is 1.86. The summed E-state index contributed by atoms with van der Waals surface area (Å²) < 4.78 is 19.3. The Morgan fingerprint density at radius 3 is 1.60 bits per heavy atom. The number of aromatic nitrogens is 4. The van der Waals surface area contributed by atoms with Crippen molar-refractivity contribution in [2.24, 2.45) is 0 Å². The van der Waals surface area contributed by atoms with Crippen molar-refractivity contribution in [3.8, 4) is 0 Å². The average molecular weight is 280 g/mol. The Balaban J connectivity index is 1.55. The monoisotopic (exact) mass is 280 g/mol. The summed E-state index contributed by atoms with van der Waals surface area (Å²) in [6.45, 7) is 8.50. The van der Waals surface area contributed by atoms with Gasteiger partial charge in [0.15, 0.2) is 13.5 Å². The number of rotatable bonds is 9. The Kier molecular flexibility index (Phi) is 5.76. The minimum Gasteiger partial charge on any atom is -0.339 e. The largest absolute Gasteiger partial charge is 0.339 e. The lowest BCUT2D eigenvalue weighted by Crippen LogP contribution is -2.35. The third-order valence-corrected chi connectivity index (χ3v) is 3.08. The van der Waals surface area contributed by atoms with Crippen molar-refractivity contribution in [2.75, 3.05) is 13.2 Å². The highest BCUT2D eigenvalue weighted by molar-refractivity contribution is 4.64. The van der Waals surface area contributed by atoms with E-state index in [4.69, 9.17) is 9.47 Å². The Labute approximate surface area is 119 Å². The van der Waals surface area contributed by atoms with Crippen LogP contribution >= 0.6 is 0 Å². The molecule has 0 fully saturated rings. The molecule has 0 aromatic carbocycles. The molecule has 110 valence electrons. The Hall–Kier alpha value is -1.66. The summed E-state index contributed by atoms with van der Waals surface area (Å²) in [4.78, 5) is 0. The molecule has 0 atom stereocenters. The lowest BCUT2D eigenvalue weighted by molar-refractivity contribution is -0.737. The van der Waals surface area contributed by atoms with Crippen LogP contribution in [0.1, 0.15) is 13.8 Å². The number of nitrogens with zero attached hydrogens (tertiary/aromatic N) is 4. The molecule has 0 aliphatic rings. The molecule has 6 heteroatoms. The van der Waals surface area contributed by atoms with E-state index in [1.165, 1.54) is 0 Å². The molecule has 0 radical (unpaired) electrons. The van der Waals surface area contributed by atoms with E-state index in [2.05, 4.69) is 23.0 Å². The van der Waals surface area contributed by atoms with E-state index >= 15 is 0 Å². The summed E-state index contributed by atoms with van der Waals surface area (Å²) in [5.41, 5.74) is 0. The topological polar surface area (TPSA) is 36.1 Å². The van der Waals surface area contributed by atoms with E-state index in [0.717, 1.165) is 13.1 Å². The van der Waals surface area contributed by atoms with Crippen molar-refractivity contribution < 1.29 is 18.6 Å². The minimum atomic E-state index is 0.565. The van der Waals surface area contributed by atoms with Crippen LogP contribution in [0, 0.1) is 0 Å². The molecule has 0 unspecified atom stereocenters. The molecule has 0 aliphatic carbocycles. The fourth-order valence-electron chi connectivity index (χ4n) is 1.86. The van der Waals surface area contributed by atoms with E-state index < -0.39 is 0 Å². The molecule has 6 nitrogen and oxygen atoms in total. The van der Waals surface area contributed by atoms with Gasteiger partial charge in [-0.1, -0.05) is 0 Å². The van der Waals surface area contributed by atoms with Crippen LogP contribution in [0.25, 0.3) is 0 Å². The van der Waals surface area contributed by atoms with Gasteiger partial charge in [-0.2, -0.15) is 0 Å². The van der Waals surface area contributed by atoms with Crippen LogP contribution in [-0.4, -0.2) is 22.3 Å². The molecule has 0 saturated heterocycles. The summed E-state index contributed by atoms with van der Waals surface area (Å²) >= 11 is 0. The van der Waals surface area contributed by atoms with Crippen molar-refractivity contribution >= 4 is 0 Å². The van der Waals surface area contributed by atoms with Gasteiger partial charge < -0.3 is 9.47 Å². The maximum atomic E-state index is 5.55. The van der Waals surface area contributed by atoms with E-state index in [1.54, 1.807) is 0 Å². The molecule has 0 saturated carbocycles. The van der Waals surface area contributed by atoms with Crippen molar-refractivity contribution in [1.29, 1.82) is 0 Å². The smallest absolute Gasteiger partial charge is 0.245 e. The molecular formula is C14H24N4O2+2. The van der Waals surface area contributed by atoms with Gasteiger partial charge in [-0.15, -0.1) is 0 Å². The van der Waals surface area contributed by atoms with Crippen LogP contribution in [0.4, 0.5) is 0 Å². The van der Waals surface area contributed by atoms with Crippen molar-refractivity contribution in [3.63, 3.8) is 0 Å². The number of hydrogen-bond acceptors (Lipinski definition) is 2. The summed E-state index contributed by atoms with van der Waals surface area (Å²) in [6.07, 6.45) is 12.2. The zero-order valence-electron chi connectivity index (χ0n) is 12.3. The van der Waals surface area contributed by atoms with Crippen molar-refractivity contribution in [3.05, 3.63) is 37.4 Å². The van der Waals surface area contributed by atoms with Gasteiger partial charge in [-0.05, 0) is 13.8 Å². The lowest BCUT2D eigenvalue weighted by atomic mass is 10.7. The molecule has 2 heterocycles. The molecule has 20 heavy (non-hydrogen) atoms. The van der Waals surface area contributed by atoms with Crippen LogP contribution < -0.4 is 9.13 Å². The highest BCUT2D eigenvalue weighted by Gasteiger charge is 2.02. The summed E-state index contributed by atoms with van der Waals surface area (Å²) in [6, 6.07) is 0. The van der Waals surface area contributed by atoms with Gasteiger partial charge in [0.25, 0.3) is 0 Å². The first-order valence-electron chi connectivity index (χ1n) is 7.07. The van der Waals surface area contributed by atoms with Gasteiger partial charge in [-0.25, -0.2) is 18.3 Å². The molecular weight excluding hydrogens is 256 g/mol. The van der Waals surface area contributed by atoms with Crippen molar-refractivity contribution in [2.45, 2.75) is 40.4 Å². The first-order valence-corrected chi connectivity index (χ1v) is 7.07. The number of imidazole rings is 2. The molecule has 0 spiro atoms. The van der Waals surface area contributed by atoms with Crippen LogP contribution in [0.15, 0.2) is 37.4 Å². The van der Waals surface area contributed by atoms with Gasteiger partial charge >= 0.3 is 0 Å². The van der Waals surface area contributed by atoms with Gasteiger partial charge in [0.1, 0.15) is 24.8 Å². The van der Waals surface area contributed by atoms with Gasteiger partial charge in [-0.3, -0.25) is 0 Å². The number of aryl methyl sites for hydroxylation is 2. The van der Waals surface area contributed by atoms with E-state index in [1.807, 2.05) is 46.6 Å². The van der Waals surface area contributed by atoms with Crippen LogP contribution in [0.3, 0.4) is 0 Å². The standard InChI is InChI=1S/C14H24N4O2/c1-3-15-5-7-17(11-15)13-19-9-10-20-14-18-8-6-16(4-2)12-18/h5-8,11-12H,3-4,9-10,13-14H2,1-2H3/q+2. The van der Waals surface area contributed by atoms with Gasteiger partial charge in [0.05, 0.1) is 26.3 Å². The van der Waals surface area contributed by atoms with Crippen molar-refractivity contribution in [1.82, 2.24) is 9.13 Å². The van der Waals surface area contributed by atoms with Gasteiger partial charge in [0, 0.05) is 0 Å². The SMILES string of the molecule is CCn1cc[n+](COCCOC[n+]2ccn(CC)c2)c1. The minimum absolute atomic E-state index is 0.565. The normalized spacial score (nSPS) is 11.1. The van der Waals surface area contributed by atoms with E-state index in [0.29, 0.717) is 26.7 Å². The Morgan fingerprint density at radius 2 is 1.25 bits per heavy atom. The third-order valence-electron chi connectivity index (χ3n) is 3.08. The van der Waals surface area contributed by atoms with Crippen LogP contribution in [0.5, 0.6) is 0 Å². The number of hydrogen-bond donors (Lipinski definition) is 0. The molecule has 2 aromatic heterocycles. The molecule has 2 rings (SSSR count). The average Bonchev–Trinajstić information content (AvgIpc) is 3.11. The molecule has 0 aliphatic heterocycles. The van der Waals surface area contributed by atoms with E-state index in [-0.39, 0.29) is 0 Å². The Morgan fingerprint density at radius 1 is 0.800 bits per heavy atom. The summed E-state index contributed by atoms with van der Waals surface area (Å²) in [7, 11) is 0. The first kappa shape index (κ1) is 14.7. The molecule has 0 amide bonds. The lowest BCUT2D eigenvalue weighted by Gasteiger charge is -2.02. The van der Waals surface area contributed by atoms with Crippen LogP contribution in [0.2, 0.25) is 0 Å².